The van der Waals surface area contributed by atoms with Crippen LogP contribution < -0.4 is 0 Å². The zero-order chi connectivity index (χ0) is 16.7. The second-order valence-electron chi connectivity index (χ2n) is 6.96. The van der Waals surface area contributed by atoms with Gasteiger partial charge in [-0.25, -0.2) is 4.98 Å². The summed E-state index contributed by atoms with van der Waals surface area (Å²) < 4.78 is 2.04. The highest BCUT2D eigenvalue weighted by molar-refractivity contribution is 5.81. The van der Waals surface area contributed by atoms with Crippen LogP contribution in [0.5, 0.6) is 0 Å². The van der Waals surface area contributed by atoms with E-state index in [9.17, 15) is 15.0 Å². The molecule has 1 aromatic heterocycles. The van der Waals surface area contributed by atoms with Gasteiger partial charge in [0, 0.05) is 31.5 Å². The van der Waals surface area contributed by atoms with Gasteiger partial charge in [0.15, 0.2) is 0 Å². The monoisotopic (exact) mass is 329 g/mol. The molecule has 2 heterocycles. The molecule has 2 aromatic rings. The van der Waals surface area contributed by atoms with Crippen molar-refractivity contribution in [2.75, 3.05) is 19.7 Å². The van der Waals surface area contributed by atoms with Crippen molar-refractivity contribution in [2.45, 2.75) is 37.8 Å². The molecule has 0 spiro atoms. The molecule has 1 aliphatic heterocycles. The van der Waals surface area contributed by atoms with Crippen LogP contribution in [-0.4, -0.2) is 56.4 Å². The van der Waals surface area contributed by atoms with Gasteiger partial charge in [0.1, 0.15) is 12.4 Å². The highest BCUT2D eigenvalue weighted by atomic mass is 16.3. The minimum absolute atomic E-state index is 0.00972. The van der Waals surface area contributed by atoms with E-state index >= 15 is 0 Å². The van der Waals surface area contributed by atoms with Crippen LogP contribution in [0.1, 0.15) is 31.0 Å². The molecule has 2 N–H and O–H groups in total. The minimum Gasteiger partial charge on any atom is -0.396 e. The number of hydrogen-bond donors (Lipinski definition) is 2. The van der Waals surface area contributed by atoms with Crippen molar-refractivity contribution in [2.24, 2.45) is 5.92 Å². The first-order valence-corrected chi connectivity index (χ1v) is 8.69. The van der Waals surface area contributed by atoms with Crippen LogP contribution >= 0.6 is 0 Å². The van der Waals surface area contributed by atoms with E-state index in [0.717, 1.165) is 29.7 Å². The molecular weight excluding hydrogens is 306 g/mol. The summed E-state index contributed by atoms with van der Waals surface area (Å²) in [4.78, 5) is 19.2. The summed E-state index contributed by atoms with van der Waals surface area (Å²) in [6, 6.07) is 7.93. The molecule has 0 bridgehead atoms. The summed E-state index contributed by atoms with van der Waals surface area (Å²) in [5.74, 6) is 1.37. The summed E-state index contributed by atoms with van der Waals surface area (Å²) in [5, 5.41) is 19.3. The Labute approximate surface area is 140 Å². The topological polar surface area (TPSA) is 78.6 Å². The number of para-hydroxylation sites is 2. The maximum Gasteiger partial charge on any atom is 0.242 e. The van der Waals surface area contributed by atoms with Crippen LogP contribution in [0.25, 0.3) is 11.0 Å². The molecule has 0 radical (unpaired) electrons. The smallest absolute Gasteiger partial charge is 0.242 e. The molecule has 6 nitrogen and oxygen atoms in total. The first-order valence-electron chi connectivity index (χ1n) is 8.69. The number of β-amino-alcohol motifs (C(OH)–C–C–N with tert-alkyl or cyclic N) is 1. The normalized spacial score (nSPS) is 24.5. The predicted octanol–water partition coefficient (Wildman–Crippen LogP) is 1.12. The molecule has 1 saturated heterocycles. The Bertz CT molecular complexity index is 753. The standard InChI is InChI=1S/C18H23N3O3/c22-11-13-7-8-20(9-16(13)23)17(24)10-21-15-4-2-1-3-14(15)19-18(21)12-5-6-12/h1-4,12-13,16,22-23H,5-11H2/t13-,16+/m1/s1. The molecule has 4 rings (SSSR count). The molecule has 24 heavy (non-hydrogen) atoms. The summed E-state index contributed by atoms with van der Waals surface area (Å²) >= 11 is 0. The molecule has 1 saturated carbocycles. The first kappa shape index (κ1) is 15.6. The molecule has 1 amide bonds. The molecular formula is C18H23N3O3. The zero-order valence-electron chi connectivity index (χ0n) is 13.6. The van der Waals surface area contributed by atoms with Gasteiger partial charge in [0.25, 0.3) is 0 Å². The maximum atomic E-state index is 12.7. The summed E-state index contributed by atoms with van der Waals surface area (Å²) in [6.45, 7) is 1.13. The lowest BCUT2D eigenvalue weighted by atomic mass is 9.95. The number of nitrogens with zero attached hydrogens (tertiary/aromatic N) is 3. The number of imidazole rings is 1. The third-order valence-electron chi connectivity index (χ3n) is 5.23. The number of aromatic nitrogens is 2. The fourth-order valence-corrected chi connectivity index (χ4v) is 3.57. The number of fused-ring (bicyclic) bond motifs is 1. The van der Waals surface area contributed by atoms with Crippen LogP contribution in [0.3, 0.4) is 0 Å². The van der Waals surface area contributed by atoms with Gasteiger partial charge in [-0.2, -0.15) is 0 Å². The molecule has 1 aliphatic carbocycles. The van der Waals surface area contributed by atoms with E-state index in [1.54, 1.807) is 4.90 Å². The van der Waals surface area contributed by atoms with Gasteiger partial charge in [0.05, 0.1) is 17.1 Å². The van der Waals surface area contributed by atoms with Crippen LogP contribution in [0, 0.1) is 5.92 Å². The van der Waals surface area contributed by atoms with Crippen molar-refractivity contribution in [3.05, 3.63) is 30.1 Å². The summed E-state index contributed by atoms with van der Waals surface area (Å²) in [5.41, 5.74) is 1.93. The van der Waals surface area contributed by atoms with E-state index in [1.165, 1.54) is 0 Å². The molecule has 2 aliphatic rings. The number of aliphatic hydroxyl groups excluding tert-OH is 2. The average molecular weight is 329 g/mol. The lowest BCUT2D eigenvalue weighted by Crippen LogP contribution is -2.48. The number of amides is 1. The van der Waals surface area contributed by atoms with Crippen LogP contribution in [0.4, 0.5) is 0 Å². The van der Waals surface area contributed by atoms with Crippen molar-refractivity contribution in [3.8, 4) is 0 Å². The highest BCUT2D eigenvalue weighted by Crippen LogP contribution is 2.40. The van der Waals surface area contributed by atoms with Gasteiger partial charge in [0.2, 0.25) is 5.91 Å². The van der Waals surface area contributed by atoms with Gasteiger partial charge < -0.3 is 19.7 Å². The number of hydrogen-bond acceptors (Lipinski definition) is 4. The predicted molar refractivity (Wildman–Crippen MR) is 89.5 cm³/mol. The number of aliphatic hydroxyl groups is 2. The Balaban J connectivity index is 1.56. The Hall–Kier alpha value is -1.92. The molecule has 2 fully saturated rings. The maximum absolute atomic E-state index is 12.7. The number of carbonyl (C=O) groups is 1. The Morgan fingerprint density at radius 1 is 1.25 bits per heavy atom. The zero-order valence-corrected chi connectivity index (χ0v) is 13.6. The second kappa shape index (κ2) is 6.18. The van der Waals surface area contributed by atoms with Gasteiger partial charge >= 0.3 is 0 Å². The Kier molecular flexibility index (Phi) is 4.02. The number of carbonyl (C=O) groups excluding carboxylic acids is 1. The third-order valence-corrected chi connectivity index (χ3v) is 5.23. The van der Waals surface area contributed by atoms with Crippen LogP contribution in [-0.2, 0) is 11.3 Å². The molecule has 2 atom stereocenters. The average Bonchev–Trinajstić information content (AvgIpc) is 3.38. The van der Waals surface area contributed by atoms with E-state index in [0.29, 0.717) is 25.4 Å². The van der Waals surface area contributed by atoms with Crippen molar-refractivity contribution < 1.29 is 15.0 Å². The van der Waals surface area contributed by atoms with Crippen molar-refractivity contribution in [3.63, 3.8) is 0 Å². The number of piperidine rings is 1. The minimum atomic E-state index is -0.643. The van der Waals surface area contributed by atoms with Gasteiger partial charge in [-0.15, -0.1) is 0 Å². The summed E-state index contributed by atoms with van der Waals surface area (Å²) in [7, 11) is 0. The molecule has 128 valence electrons. The van der Waals surface area contributed by atoms with Crippen LogP contribution in [0.15, 0.2) is 24.3 Å². The van der Waals surface area contributed by atoms with Crippen molar-refractivity contribution in [1.82, 2.24) is 14.5 Å². The van der Waals surface area contributed by atoms with E-state index < -0.39 is 6.10 Å². The number of likely N-dealkylation sites (tertiary alicyclic amines) is 1. The lowest BCUT2D eigenvalue weighted by molar-refractivity contribution is -0.136. The largest absolute Gasteiger partial charge is 0.396 e. The highest BCUT2D eigenvalue weighted by Gasteiger charge is 2.32. The molecule has 1 aromatic carbocycles. The fourth-order valence-electron chi connectivity index (χ4n) is 3.57. The van der Waals surface area contributed by atoms with Crippen molar-refractivity contribution >= 4 is 16.9 Å². The quantitative estimate of drug-likeness (QED) is 0.881. The van der Waals surface area contributed by atoms with E-state index in [-0.39, 0.29) is 25.0 Å². The van der Waals surface area contributed by atoms with Gasteiger partial charge in [-0.3, -0.25) is 4.79 Å². The lowest BCUT2D eigenvalue weighted by Gasteiger charge is -2.35. The first-order chi connectivity index (χ1) is 11.7. The molecule has 6 heteroatoms. The Morgan fingerprint density at radius 3 is 2.75 bits per heavy atom. The van der Waals surface area contributed by atoms with Crippen LogP contribution in [0.2, 0.25) is 0 Å². The van der Waals surface area contributed by atoms with Gasteiger partial charge in [-0.1, -0.05) is 12.1 Å². The fraction of sp³-hybridized carbons (Fsp3) is 0.556. The van der Waals surface area contributed by atoms with E-state index in [1.807, 2.05) is 28.8 Å². The van der Waals surface area contributed by atoms with Gasteiger partial charge in [-0.05, 0) is 31.4 Å². The molecule has 0 unspecified atom stereocenters. The van der Waals surface area contributed by atoms with Crippen molar-refractivity contribution in [1.29, 1.82) is 0 Å². The van der Waals surface area contributed by atoms with E-state index in [2.05, 4.69) is 0 Å². The Morgan fingerprint density at radius 2 is 2.04 bits per heavy atom. The third kappa shape index (κ3) is 2.80. The number of rotatable bonds is 4. The summed E-state index contributed by atoms with van der Waals surface area (Å²) in [6.07, 6.45) is 2.27. The SMILES string of the molecule is O=C(Cn1c(C2CC2)nc2ccccc21)N1CC[C@H](CO)[C@@H](O)C1. The second-order valence-corrected chi connectivity index (χ2v) is 6.96. The van der Waals surface area contributed by atoms with E-state index in [4.69, 9.17) is 4.98 Å². The number of benzene rings is 1.